The largest absolute Gasteiger partial charge is 0.317 e. The van der Waals surface area contributed by atoms with E-state index in [0.29, 0.717) is 5.75 Å². The Hall–Kier alpha value is -0.480. The Kier molecular flexibility index (Phi) is 3.81. The minimum Gasteiger partial charge on any atom is -0.297 e. The molecule has 0 bridgehead atoms. The van der Waals surface area contributed by atoms with E-state index in [1.54, 1.807) is 0 Å². The molecular weight excluding hydrogens is 208 g/mol. The average molecular weight is 220 g/mol. The van der Waals surface area contributed by atoms with Crippen LogP contribution >= 0.6 is 23.4 Å². The molecule has 0 aliphatic carbocycles. The lowest BCUT2D eigenvalue weighted by molar-refractivity contribution is -0.709. The second-order valence-corrected chi connectivity index (χ2v) is 3.97. The predicted molar refractivity (Wildman–Crippen MR) is 53.0 cm³/mol. The maximum absolute atomic E-state index is 11.0. The molecule has 5 heteroatoms. The van der Waals surface area contributed by atoms with Crippen molar-refractivity contribution in [1.82, 2.24) is 4.57 Å². The molecule has 0 amide bonds. The lowest BCUT2D eigenvalue weighted by atomic mass is 10.5. The highest BCUT2D eigenvalue weighted by atomic mass is 35.5. The van der Waals surface area contributed by atoms with Crippen LogP contribution in [-0.2, 0) is 18.9 Å². The van der Waals surface area contributed by atoms with E-state index in [1.165, 1.54) is 11.8 Å². The second-order valence-electron chi connectivity index (χ2n) is 2.76. The number of halogens is 1. The van der Waals surface area contributed by atoms with Crippen LogP contribution in [0.15, 0.2) is 17.6 Å². The Labute approximate surface area is 86.7 Å². The van der Waals surface area contributed by atoms with Gasteiger partial charge in [-0.25, -0.2) is 9.13 Å². The Morgan fingerprint density at radius 2 is 2.46 bits per heavy atom. The van der Waals surface area contributed by atoms with Crippen LogP contribution in [0, 0.1) is 0 Å². The topological polar surface area (TPSA) is 25.9 Å². The van der Waals surface area contributed by atoms with E-state index in [0.717, 1.165) is 5.16 Å². The van der Waals surface area contributed by atoms with E-state index < -0.39 is 0 Å². The smallest absolute Gasteiger partial charge is 0.297 e. The number of Topliss-reactive ketones (excluding diaryl/α,β-unsaturated/α-hetero) is 1. The van der Waals surface area contributed by atoms with Crippen molar-refractivity contribution < 1.29 is 9.36 Å². The minimum atomic E-state index is 0.0628. The van der Waals surface area contributed by atoms with Gasteiger partial charge in [0.2, 0.25) is 0 Å². The summed E-state index contributed by atoms with van der Waals surface area (Å²) in [5.74, 6) is 0.601. The molecule has 1 rings (SSSR count). The molecule has 0 aliphatic heterocycles. The van der Waals surface area contributed by atoms with E-state index in [1.807, 2.05) is 35.6 Å². The second kappa shape index (κ2) is 4.67. The van der Waals surface area contributed by atoms with Crippen molar-refractivity contribution in [3.8, 4) is 0 Å². The molecule has 0 N–H and O–H groups in total. The molecule has 0 aliphatic rings. The van der Waals surface area contributed by atoms with E-state index >= 15 is 0 Å². The first-order chi connectivity index (χ1) is 6.15. The predicted octanol–water partition coefficient (Wildman–Crippen LogP) is 0.750. The van der Waals surface area contributed by atoms with Crippen LogP contribution in [0.3, 0.4) is 0 Å². The maximum atomic E-state index is 11.0. The SMILES string of the molecule is Cn1cc[n+](C)c1SCC(=O)CCl. The van der Waals surface area contributed by atoms with Gasteiger partial charge in [0.25, 0.3) is 0 Å². The van der Waals surface area contributed by atoms with E-state index in [9.17, 15) is 4.79 Å². The summed E-state index contributed by atoms with van der Waals surface area (Å²) in [6, 6.07) is 0. The van der Waals surface area contributed by atoms with Gasteiger partial charge in [-0.3, -0.25) is 4.79 Å². The molecule has 0 aromatic carbocycles. The number of carbonyl (C=O) groups excluding carboxylic acids is 1. The average Bonchev–Trinajstić information content (AvgIpc) is 2.43. The third-order valence-corrected chi connectivity index (χ3v) is 3.23. The van der Waals surface area contributed by atoms with Gasteiger partial charge in [0.1, 0.15) is 12.4 Å². The van der Waals surface area contributed by atoms with Crippen molar-refractivity contribution in [2.75, 3.05) is 11.6 Å². The molecule has 1 aromatic rings. The Balaban J connectivity index is 2.58. The third kappa shape index (κ3) is 2.74. The summed E-state index contributed by atoms with van der Waals surface area (Å²) in [5, 5.41) is 1.05. The molecule has 1 aromatic heterocycles. The Morgan fingerprint density at radius 3 is 2.92 bits per heavy atom. The van der Waals surface area contributed by atoms with Crippen molar-refractivity contribution in [3.05, 3.63) is 12.4 Å². The first kappa shape index (κ1) is 10.6. The zero-order valence-electron chi connectivity index (χ0n) is 7.66. The van der Waals surface area contributed by atoms with Crippen LogP contribution in [0.25, 0.3) is 0 Å². The molecule has 0 fully saturated rings. The summed E-state index contributed by atoms with van der Waals surface area (Å²) in [5.41, 5.74) is 0. The number of rotatable bonds is 4. The first-order valence-electron chi connectivity index (χ1n) is 3.86. The van der Waals surface area contributed by atoms with E-state index in [-0.39, 0.29) is 11.7 Å². The molecule has 0 saturated heterocycles. The van der Waals surface area contributed by atoms with Crippen LogP contribution < -0.4 is 4.57 Å². The van der Waals surface area contributed by atoms with Crippen molar-refractivity contribution in [2.45, 2.75) is 5.16 Å². The molecule has 72 valence electrons. The molecule has 13 heavy (non-hydrogen) atoms. The van der Waals surface area contributed by atoms with Gasteiger partial charge < -0.3 is 0 Å². The number of aromatic nitrogens is 2. The van der Waals surface area contributed by atoms with E-state index in [4.69, 9.17) is 11.6 Å². The van der Waals surface area contributed by atoms with Crippen molar-refractivity contribution >= 4 is 29.1 Å². The maximum Gasteiger partial charge on any atom is 0.317 e. The van der Waals surface area contributed by atoms with Crippen LogP contribution in [-0.4, -0.2) is 22.0 Å². The Bertz CT molecular complexity index is 292. The number of nitrogens with zero attached hydrogens (tertiary/aromatic N) is 2. The minimum absolute atomic E-state index is 0.0628. The standard InChI is InChI=1S/C8H12ClN2OS/c1-10-3-4-11(2)8(10)13-6-7(12)5-9/h3-4H,5-6H2,1-2H3/q+1. The molecule has 3 nitrogen and oxygen atoms in total. The van der Waals surface area contributed by atoms with Gasteiger partial charge in [-0.2, -0.15) is 0 Å². The van der Waals surface area contributed by atoms with Crippen molar-refractivity contribution in [3.63, 3.8) is 0 Å². The summed E-state index contributed by atoms with van der Waals surface area (Å²) >= 11 is 6.90. The number of aryl methyl sites for hydroxylation is 2. The zero-order chi connectivity index (χ0) is 9.84. The fraction of sp³-hybridized carbons (Fsp3) is 0.500. The van der Waals surface area contributed by atoms with Gasteiger partial charge in [0.05, 0.1) is 25.7 Å². The highest BCUT2D eigenvalue weighted by Gasteiger charge is 2.13. The highest BCUT2D eigenvalue weighted by molar-refractivity contribution is 7.99. The van der Waals surface area contributed by atoms with Crippen molar-refractivity contribution in [2.24, 2.45) is 14.1 Å². The summed E-state index contributed by atoms with van der Waals surface area (Å²) < 4.78 is 3.96. The number of hydrogen-bond donors (Lipinski definition) is 0. The zero-order valence-corrected chi connectivity index (χ0v) is 9.23. The fourth-order valence-electron chi connectivity index (χ4n) is 0.964. The van der Waals surface area contributed by atoms with E-state index in [2.05, 4.69) is 0 Å². The van der Waals surface area contributed by atoms with Crippen molar-refractivity contribution in [1.29, 1.82) is 0 Å². The monoisotopic (exact) mass is 219 g/mol. The van der Waals surface area contributed by atoms with Crippen LogP contribution in [0.4, 0.5) is 0 Å². The molecule has 0 atom stereocenters. The summed E-state index contributed by atoms with van der Waals surface area (Å²) in [6.45, 7) is 0. The number of hydrogen-bond acceptors (Lipinski definition) is 2. The number of alkyl halides is 1. The lowest BCUT2D eigenvalue weighted by Crippen LogP contribution is -2.29. The fourth-order valence-corrected chi connectivity index (χ4v) is 2.09. The number of imidazole rings is 1. The molecule has 0 saturated carbocycles. The lowest BCUT2D eigenvalue weighted by Gasteiger charge is -1.95. The van der Waals surface area contributed by atoms with Crippen LogP contribution in [0.1, 0.15) is 0 Å². The molecule has 0 radical (unpaired) electrons. The molecular formula is C8H12ClN2OS+. The summed E-state index contributed by atoms with van der Waals surface area (Å²) in [4.78, 5) is 11.0. The number of ketones is 1. The third-order valence-electron chi connectivity index (χ3n) is 1.63. The quantitative estimate of drug-likeness (QED) is 0.424. The summed E-state index contributed by atoms with van der Waals surface area (Å²) in [6.07, 6.45) is 3.90. The normalized spacial score (nSPS) is 10.4. The van der Waals surface area contributed by atoms with Gasteiger partial charge in [-0.1, -0.05) is 0 Å². The van der Waals surface area contributed by atoms with Crippen LogP contribution in [0.2, 0.25) is 0 Å². The highest BCUT2D eigenvalue weighted by Crippen LogP contribution is 2.12. The van der Waals surface area contributed by atoms with Gasteiger partial charge in [0, 0.05) is 0 Å². The van der Waals surface area contributed by atoms with Crippen LogP contribution in [0.5, 0.6) is 0 Å². The molecule has 1 heterocycles. The van der Waals surface area contributed by atoms with Gasteiger partial charge >= 0.3 is 5.16 Å². The van der Waals surface area contributed by atoms with Gasteiger partial charge in [-0.05, 0) is 11.8 Å². The summed E-state index contributed by atoms with van der Waals surface area (Å²) in [7, 11) is 3.90. The Morgan fingerprint density at radius 1 is 1.77 bits per heavy atom. The number of carbonyl (C=O) groups is 1. The molecule has 0 unspecified atom stereocenters. The van der Waals surface area contributed by atoms with Gasteiger partial charge in [0.15, 0.2) is 5.78 Å². The first-order valence-corrected chi connectivity index (χ1v) is 5.38. The van der Waals surface area contributed by atoms with Gasteiger partial charge in [-0.15, -0.1) is 11.6 Å². The molecule has 0 spiro atoms. The number of thioether (sulfide) groups is 1.